The maximum atomic E-state index is 6.11. The van der Waals surface area contributed by atoms with Crippen molar-refractivity contribution in [1.82, 2.24) is 0 Å². The van der Waals surface area contributed by atoms with Crippen LogP contribution in [0.25, 0.3) is 0 Å². The van der Waals surface area contributed by atoms with E-state index in [1.807, 2.05) is 6.21 Å². The second-order valence-electron chi connectivity index (χ2n) is 4.96. The van der Waals surface area contributed by atoms with Crippen molar-refractivity contribution in [2.75, 3.05) is 0 Å². The first kappa shape index (κ1) is 10.3. The molecule has 1 heterocycles. The van der Waals surface area contributed by atoms with Gasteiger partial charge in [0.2, 0.25) is 0 Å². The molecule has 0 fully saturated rings. The average molecular weight is 180 g/mol. The molecule has 1 rings (SSSR count). The van der Waals surface area contributed by atoms with E-state index in [0.717, 1.165) is 12.1 Å². The van der Waals surface area contributed by atoms with Crippen molar-refractivity contribution in [3.05, 3.63) is 11.3 Å². The molecular weight excluding hydrogens is 160 g/mol. The number of nitrogens with two attached hydrogens (primary N) is 1. The lowest BCUT2D eigenvalue weighted by atomic mass is 9.83. The highest BCUT2D eigenvalue weighted by molar-refractivity contribution is 5.85. The van der Waals surface area contributed by atoms with Gasteiger partial charge in [0.05, 0.1) is 5.54 Å². The molecule has 0 amide bonds. The summed E-state index contributed by atoms with van der Waals surface area (Å²) in [6.07, 6.45) is 2.91. The van der Waals surface area contributed by atoms with Crippen LogP contribution >= 0.6 is 0 Å². The Bertz CT molecular complexity index is 268. The van der Waals surface area contributed by atoms with Gasteiger partial charge in [-0.1, -0.05) is 27.7 Å². The smallest absolute Gasteiger partial charge is 0.0971 e. The molecule has 0 aliphatic carbocycles. The maximum absolute atomic E-state index is 6.11. The van der Waals surface area contributed by atoms with Crippen molar-refractivity contribution in [1.29, 1.82) is 0 Å². The fourth-order valence-electron chi connectivity index (χ4n) is 1.52. The van der Waals surface area contributed by atoms with Crippen molar-refractivity contribution >= 4 is 6.21 Å². The summed E-state index contributed by atoms with van der Waals surface area (Å²) in [6.45, 7) is 10.7. The summed E-state index contributed by atoms with van der Waals surface area (Å²) in [5.74, 6) is 0. The molecule has 0 aromatic rings. The Morgan fingerprint density at radius 3 is 2.23 bits per heavy atom. The maximum Gasteiger partial charge on any atom is 0.0971 e. The SMILES string of the molecule is CCC1(C)N=CC(C(C)(C)C)=C1N. The van der Waals surface area contributed by atoms with E-state index in [-0.39, 0.29) is 11.0 Å². The standard InChI is InChI=1S/C11H20N2/c1-6-11(5)9(12)8(7-13-11)10(2,3)4/h7H,6,12H2,1-5H3. The van der Waals surface area contributed by atoms with Gasteiger partial charge in [-0.25, -0.2) is 0 Å². The largest absolute Gasteiger partial charge is 0.400 e. The third-order valence-corrected chi connectivity index (χ3v) is 2.85. The molecular formula is C11H20N2. The van der Waals surface area contributed by atoms with E-state index in [0.29, 0.717) is 0 Å². The lowest BCUT2D eigenvalue weighted by molar-refractivity contribution is 0.495. The third kappa shape index (κ3) is 1.62. The minimum Gasteiger partial charge on any atom is -0.400 e. The number of rotatable bonds is 1. The van der Waals surface area contributed by atoms with Crippen LogP contribution in [0.5, 0.6) is 0 Å². The summed E-state index contributed by atoms with van der Waals surface area (Å²) in [6, 6.07) is 0. The second kappa shape index (κ2) is 2.86. The highest BCUT2D eigenvalue weighted by Crippen LogP contribution is 2.36. The van der Waals surface area contributed by atoms with Crippen LogP contribution in [0.2, 0.25) is 0 Å². The summed E-state index contributed by atoms with van der Waals surface area (Å²) in [7, 11) is 0. The zero-order valence-corrected chi connectivity index (χ0v) is 9.31. The van der Waals surface area contributed by atoms with Crippen molar-refractivity contribution in [3.8, 4) is 0 Å². The Morgan fingerprint density at radius 2 is 2.00 bits per heavy atom. The molecule has 0 saturated heterocycles. The van der Waals surface area contributed by atoms with Gasteiger partial charge >= 0.3 is 0 Å². The minimum atomic E-state index is -0.150. The van der Waals surface area contributed by atoms with E-state index in [2.05, 4.69) is 39.6 Å². The van der Waals surface area contributed by atoms with Gasteiger partial charge < -0.3 is 5.73 Å². The molecule has 0 radical (unpaired) electrons. The summed E-state index contributed by atoms with van der Waals surface area (Å²) >= 11 is 0. The van der Waals surface area contributed by atoms with Crippen LogP contribution in [-0.2, 0) is 0 Å². The zero-order valence-electron chi connectivity index (χ0n) is 9.31. The molecule has 0 aromatic carbocycles. The molecule has 0 spiro atoms. The molecule has 0 bridgehead atoms. The van der Waals surface area contributed by atoms with E-state index in [9.17, 15) is 0 Å². The fraction of sp³-hybridized carbons (Fsp3) is 0.727. The number of hydrogen-bond acceptors (Lipinski definition) is 2. The predicted octanol–water partition coefficient (Wildman–Crippen LogP) is 2.50. The van der Waals surface area contributed by atoms with Gasteiger partial charge in [-0.2, -0.15) is 0 Å². The first-order valence-electron chi connectivity index (χ1n) is 4.87. The topological polar surface area (TPSA) is 38.4 Å². The molecule has 2 heteroatoms. The van der Waals surface area contributed by atoms with Crippen LogP contribution in [0.15, 0.2) is 16.3 Å². The molecule has 13 heavy (non-hydrogen) atoms. The number of nitrogens with zero attached hydrogens (tertiary/aromatic N) is 1. The highest BCUT2D eigenvalue weighted by Gasteiger charge is 2.34. The van der Waals surface area contributed by atoms with E-state index in [4.69, 9.17) is 5.73 Å². The van der Waals surface area contributed by atoms with E-state index in [1.54, 1.807) is 0 Å². The Labute approximate surface area is 80.9 Å². The van der Waals surface area contributed by atoms with E-state index >= 15 is 0 Å². The molecule has 2 nitrogen and oxygen atoms in total. The first-order chi connectivity index (χ1) is 5.81. The average Bonchev–Trinajstić information content (AvgIpc) is 2.29. The molecule has 74 valence electrons. The molecule has 0 saturated carbocycles. The van der Waals surface area contributed by atoms with Crippen LogP contribution < -0.4 is 5.73 Å². The number of hydrogen-bond donors (Lipinski definition) is 1. The molecule has 1 unspecified atom stereocenters. The first-order valence-corrected chi connectivity index (χ1v) is 4.87. The van der Waals surface area contributed by atoms with Gasteiger partial charge in [0.15, 0.2) is 0 Å². The van der Waals surface area contributed by atoms with Crippen LogP contribution in [0, 0.1) is 5.41 Å². The van der Waals surface area contributed by atoms with Gasteiger partial charge in [0.25, 0.3) is 0 Å². The van der Waals surface area contributed by atoms with Gasteiger partial charge in [-0.05, 0) is 24.3 Å². The zero-order chi connectivity index (χ0) is 10.3. The Hall–Kier alpha value is -0.790. The summed E-state index contributed by atoms with van der Waals surface area (Å²) < 4.78 is 0. The second-order valence-corrected chi connectivity index (χ2v) is 4.96. The Morgan fingerprint density at radius 1 is 1.46 bits per heavy atom. The molecule has 2 N–H and O–H groups in total. The van der Waals surface area contributed by atoms with Crippen molar-refractivity contribution in [2.24, 2.45) is 16.1 Å². The lowest BCUT2D eigenvalue weighted by Crippen LogP contribution is -2.28. The molecule has 1 aliphatic heterocycles. The van der Waals surface area contributed by atoms with E-state index in [1.165, 1.54) is 5.57 Å². The Balaban J connectivity index is 3.10. The normalized spacial score (nSPS) is 28.7. The monoisotopic (exact) mass is 180 g/mol. The minimum absolute atomic E-state index is 0.112. The van der Waals surface area contributed by atoms with Crippen molar-refractivity contribution in [2.45, 2.75) is 46.6 Å². The van der Waals surface area contributed by atoms with Crippen LogP contribution in [-0.4, -0.2) is 11.8 Å². The molecule has 0 aromatic heterocycles. The Kier molecular flexibility index (Phi) is 2.27. The summed E-state index contributed by atoms with van der Waals surface area (Å²) in [4.78, 5) is 4.49. The van der Waals surface area contributed by atoms with Gasteiger partial charge in [-0.3, -0.25) is 4.99 Å². The van der Waals surface area contributed by atoms with Crippen molar-refractivity contribution in [3.63, 3.8) is 0 Å². The van der Waals surface area contributed by atoms with Crippen LogP contribution in [0.3, 0.4) is 0 Å². The quantitative estimate of drug-likeness (QED) is 0.661. The van der Waals surface area contributed by atoms with Gasteiger partial charge in [0, 0.05) is 11.9 Å². The van der Waals surface area contributed by atoms with Gasteiger partial charge in [-0.15, -0.1) is 0 Å². The third-order valence-electron chi connectivity index (χ3n) is 2.85. The lowest BCUT2D eigenvalue weighted by Gasteiger charge is -2.24. The van der Waals surface area contributed by atoms with E-state index < -0.39 is 0 Å². The van der Waals surface area contributed by atoms with Gasteiger partial charge in [0.1, 0.15) is 0 Å². The highest BCUT2D eigenvalue weighted by atomic mass is 14.9. The predicted molar refractivity (Wildman–Crippen MR) is 57.9 cm³/mol. The molecule has 1 aliphatic rings. The van der Waals surface area contributed by atoms with Crippen LogP contribution in [0.4, 0.5) is 0 Å². The summed E-state index contributed by atoms with van der Waals surface area (Å²) in [5.41, 5.74) is 8.21. The number of allylic oxidation sites excluding steroid dienone is 1. The number of aliphatic imine (C=N–C) groups is 1. The van der Waals surface area contributed by atoms with Crippen molar-refractivity contribution < 1.29 is 0 Å². The summed E-state index contributed by atoms with van der Waals surface area (Å²) in [5, 5.41) is 0. The molecule has 1 atom stereocenters. The van der Waals surface area contributed by atoms with Crippen LogP contribution in [0.1, 0.15) is 41.0 Å². The fourth-order valence-corrected chi connectivity index (χ4v) is 1.52.